The van der Waals surface area contributed by atoms with Crippen molar-refractivity contribution in [3.05, 3.63) is 39.8 Å². The number of nitrogens with zero attached hydrogens (tertiary/aromatic N) is 1. The Hall–Kier alpha value is -1.04. The molecule has 17 heavy (non-hydrogen) atoms. The zero-order valence-corrected chi connectivity index (χ0v) is 11.3. The summed E-state index contributed by atoms with van der Waals surface area (Å²) in [5, 5.41) is 3.02. The molecule has 0 saturated heterocycles. The molecule has 0 bridgehead atoms. The van der Waals surface area contributed by atoms with Crippen molar-refractivity contribution in [1.29, 1.82) is 0 Å². The van der Waals surface area contributed by atoms with E-state index in [1.54, 1.807) is 17.3 Å². The zero-order chi connectivity index (χ0) is 12.3. The number of benzene rings is 1. The van der Waals surface area contributed by atoms with Crippen LogP contribution in [0.15, 0.2) is 34.7 Å². The van der Waals surface area contributed by atoms with Crippen molar-refractivity contribution in [2.75, 3.05) is 11.6 Å². The third-order valence-corrected chi connectivity index (χ3v) is 4.05. The van der Waals surface area contributed by atoms with Crippen molar-refractivity contribution in [3.63, 3.8) is 0 Å². The van der Waals surface area contributed by atoms with Gasteiger partial charge in [-0.25, -0.2) is 4.98 Å². The molecule has 0 radical (unpaired) electrons. The molecule has 1 heterocycles. The fourth-order valence-corrected chi connectivity index (χ4v) is 2.55. The SMILES string of the molecule is CSc1ccc(NC(=O)c2scnc2Cl)cc1. The number of carbonyl (C=O) groups is 1. The summed E-state index contributed by atoms with van der Waals surface area (Å²) < 4.78 is 0. The lowest BCUT2D eigenvalue weighted by atomic mass is 10.3. The van der Waals surface area contributed by atoms with Crippen LogP contribution in [0.1, 0.15) is 9.67 Å². The number of anilines is 1. The molecule has 6 heteroatoms. The average molecular weight is 285 g/mol. The van der Waals surface area contributed by atoms with E-state index in [1.165, 1.54) is 11.3 Å². The van der Waals surface area contributed by atoms with E-state index in [0.29, 0.717) is 4.88 Å². The standard InChI is InChI=1S/C11H9ClN2OS2/c1-16-8-4-2-7(3-5-8)14-11(15)9-10(12)13-6-17-9/h2-6H,1H3,(H,14,15). The maximum Gasteiger partial charge on any atom is 0.268 e. The zero-order valence-electron chi connectivity index (χ0n) is 8.94. The first kappa shape index (κ1) is 12.4. The Kier molecular flexibility index (Phi) is 4.04. The van der Waals surface area contributed by atoms with Crippen LogP contribution in [-0.4, -0.2) is 17.1 Å². The molecule has 1 aromatic heterocycles. The summed E-state index contributed by atoms with van der Waals surface area (Å²) in [5.74, 6) is -0.227. The second kappa shape index (κ2) is 5.53. The third kappa shape index (κ3) is 3.00. The molecule has 2 aromatic rings. The van der Waals surface area contributed by atoms with Crippen molar-refractivity contribution in [1.82, 2.24) is 4.98 Å². The second-order valence-corrected chi connectivity index (χ2v) is 5.25. The van der Waals surface area contributed by atoms with E-state index < -0.39 is 0 Å². The second-order valence-electron chi connectivity index (χ2n) is 3.15. The van der Waals surface area contributed by atoms with Gasteiger partial charge >= 0.3 is 0 Å². The van der Waals surface area contributed by atoms with E-state index in [4.69, 9.17) is 11.6 Å². The third-order valence-electron chi connectivity index (χ3n) is 2.08. The van der Waals surface area contributed by atoms with Crippen LogP contribution >= 0.6 is 34.7 Å². The number of aromatic nitrogens is 1. The number of thioether (sulfide) groups is 1. The molecule has 0 spiro atoms. The van der Waals surface area contributed by atoms with Crippen molar-refractivity contribution in [2.45, 2.75) is 4.90 Å². The molecule has 0 unspecified atom stereocenters. The van der Waals surface area contributed by atoms with E-state index >= 15 is 0 Å². The van der Waals surface area contributed by atoms with Gasteiger partial charge < -0.3 is 5.32 Å². The van der Waals surface area contributed by atoms with Crippen LogP contribution in [0.4, 0.5) is 5.69 Å². The largest absolute Gasteiger partial charge is 0.321 e. The first-order valence-electron chi connectivity index (χ1n) is 4.75. The van der Waals surface area contributed by atoms with Crippen LogP contribution in [0.5, 0.6) is 0 Å². The molecule has 1 N–H and O–H groups in total. The maximum absolute atomic E-state index is 11.8. The predicted molar refractivity (Wildman–Crippen MR) is 73.3 cm³/mol. The van der Waals surface area contributed by atoms with Gasteiger partial charge in [-0.1, -0.05) is 11.6 Å². The number of amides is 1. The number of hydrogen-bond acceptors (Lipinski definition) is 4. The minimum atomic E-state index is -0.227. The van der Waals surface area contributed by atoms with Gasteiger partial charge in [0.1, 0.15) is 4.88 Å². The number of nitrogens with one attached hydrogen (secondary N) is 1. The Balaban J connectivity index is 2.10. The average Bonchev–Trinajstić information content (AvgIpc) is 2.76. The van der Waals surface area contributed by atoms with E-state index in [9.17, 15) is 4.79 Å². The summed E-state index contributed by atoms with van der Waals surface area (Å²) in [6.45, 7) is 0. The van der Waals surface area contributed by atoms with Crippen molar-refractivity contribution in [3.8, 4) is 0 Å². The van der Waals surface area contributed by atoms with Gasteiger partial charge in [-0.3, -0.25) is 4.79 Å². The molecule has 0 atom stereocenters. The van der Waals surface area contributed by atoms with Crippen molar-refractivity contribution in [2.24, 2.45) is 0 Å². The fraction of sp³-hybridized carbons (Fsp3) is 0.0909. The first-order valence-corrected chi connectivity index (χ1v) is 7.23. The van der Waals surface area contributed by atoms with Gasteiger partial charge in [0.25, 0.3) is 5.91 Å². The Labute approximate surface area is 112 Å². The number of thiazole rings is 1. The minimum Gasteiger partial charge on any atom is -0.321 e. The van der Waals surface area contributed by atoms with Gasteiger partial charge in [0, 0.05) is 10.6 Å². The molecule has 1 amide bonds. The van der Waals surface area contributed by atoms with Gasteiger partial charge in [-0.05, 0) is 30.5 Å². The highest BCUT2D eigenvalue weighted by molar-refractivity contribution is 7.98. The molecule has 0 aliphatic heterocycles. The van der Waals surface area contributed by atoms with Crippen molar-refractivity contribution >= 4 is 46.3 Å². The molecular formula is C11H9ClN2OS2. The molecular weight excluding hydrogens is 276 g/mol. The Morgan fingerprint density at radius 2 is 2.12 bits per heavy atom. The summed E-state index contributed by atoms with van der Waals surface area (Å²) in [6.07, 6.45) is 2.00. The molecule has 2 rings (SSSR count). The van der Waals surface area contributed by atoms with Gasteiger partial charge in [0.2, 0.25) is 0 Å². The van der Waals surface area contributed by atoms with E-state index in [2.05, 4.69) is 10.3 Å². The number of carbonyl (C=O) groups excluding carboxylic acids is 1. The predicted octanol–water partition coefficient (Wildman–Crippen LogP) is 3.77. The Morgan fingerprint density at radius 1 is 1.41 bits per heavy atom. The van der Waals surface area contributed by atoms with Crippen LogP contribution in [0.25, 0.3) is 0 Å². The van der Waals surface area contributed by atoms with Crippen LogP contribution in [-0.2, 0) is 0 Å². The molecule has 1 aromatic carbocycles. The summed E-state index contributed by atoms with van der Waals surface area (Å²) in [7, 11) is 0. The van der Waals surface area contributed by atoms with E-state index in [-0.39, 0.29) is 11.1 Å². The normalized spacial score (nSPS) is 10.2. The number of rotatable bonds is 3. The lowest BCUT2D eigenvalue weighted by molar-refractivity contribution is 0.103. The molecule has 0 aliphatic carbocycles. The van der Waals surface area contributed by atoms with Gasteiger partial charge in [-0.15, -0.1) is 23.1 Å². The lowest BCUT2D eigenvalue weighted by Gasteiger charge is -2.04. The van der Waals surface area contributed by atoms with Gasteiger partial charge in [-0.2, -0.15) is 0 Å². The quantitative estimate of drug-likeness (QED) is 0.873. The van der Waals surface area contributed by atoms with E-state index in [1.807, 2.05) is 30.5 Å². The van der Waals surface area contributed by atoms with Crippen LogP contribution in [0.2, 0.25) is 5.15 Å². The highest BCUT2D eigenvalue weighted by Gasteiger charge is 2.12. The van der Waals surface area contributed by atoms with Crippen molar-refractivity contribution < 1.29 is 4.79 Å². The lowest BCUT2D eigenvalue weighted by Crippen LogP contribution is -2.10. The minimum absolute atomic E-state index is 0.227. The molecule has 3 nitrogen and oxygen atoms in total. The van der Waals surface area contributed by atoms with Crippen LogP contribution in [0.3, 0.4) is 0 Å². The molecule has 0 aliphatic rings. The number of hydrogen-bond donors (Lipinski definition) is 1. The monoisotopic (exact) mass is 284 g/mol. The van der Waals surface area contributed by atoms with Gasteiger partial charge in [0.05, 0.1) is 5.51 Å². The summed E-state index contributed by atoms with van der Waals surface area (Å²) in [5.41, 5.74) is 2.30. The first-order chi connectivity index (χ1) is 8.20. The van der Waals surface area contributed by atoms with Crippen LogP contribution < -0.4 is 5.32 Å². The smallest absolute Gasteiger partial charge is 0.268 e. The summed E-state index contributed by atoms with van der Waals surface area (Å²) >= 11 is 8.66. The van der Waals surface area contributed by atoms with E-state index in [0.717, 1.165) is 10.6 Å². The van der Waals surface area contributed by atoms with Gasteiger partial charge in [0.15, 0.2) is 5.15 Å². The Bertz CT molecular complexity index is 525. The topological polar surface area (TPSA) is 42.0 Å². The summed E-state index contributed by atoms with van der Waals surface area (Å²) in [4.78, 5) is 17.2. The molecule has 0 fully saturated rings. The Morgan fingerprint density at radius 3 is 2.65 bits per heavy atom. The number of halogens is 1. The fourth-order valence-electron chi connectivity index (χ4n) is 1.24. The van der Waals surface area contributed by atoms with Crippen LogP contribution in [0, 0.1) is 0 Å². The highest BCUT2D eigenvalue weighted by Crippen LogP contribution is 2.21. The molecule has 0 saturated carbocycles. The highest BCUT2D eigenvalue weighted by atomic mass is 35.5. The molecule has 88 valence electrons. The maximum atomic E-state index is 11.8. The summed E-state index contributed by atoms with van der Waals surface area (Å²) in [6, 6.07) is 7.63.